The average Bonchev–Trinajstić information content (AvgIpc) is 2.29. The smallest absolute Gasteiger partial charge is 0.129 e. The summed E-state index contributed by atoms with van der Waals surface area (Å²) in [6, 6.07) is 0. The van der Waals surface area contributed by atoms with E-state index in [-0.39, 0.29) is 6.10 Å². The van der Waals surface area contributed by atoms with Gasteiger partial charge in [0.2, 0.25) is 0 Å². The van der Waals surface area contributed by atoms with Crippen molar-refractivity contribution >= 4 is 12.6 Å². The first-order valence-electron chi connectivity index (χ1n) is 4.72. The SMILES string of the molecule is CC(C)CC[C@H]1OC(S)[C@H](O)[C@@H]1O. The number of hydrogen-bond acceptors (Lipinski definition) is 4. The first-order valence-corrected chi connectivity index (χ1v) is 5.23. The fraction of sp³-hybridized carbons (Fsp3) is 1.00. The molecule has 1 fully saturated rings. The molecule has 4 atom stereocenters. The van der Waals surface area contributed by atoms with Gasteiger partial charge < -0.3 is 14.9 Å². The predicted octanol–water partition coefficient (Wildman–Crippen LogP) is 0.799. The minimum atomic E-state index is -0.847. The van der Waals surface area contributed by atoms with Crippen molar-refractivity contribution in [2.45, 2.75) is 50.4 Å². The molecule has 13 heavy (non-hydrogen) atoms. The second kappa shape index (κ2) is 4.64. The van der Waals surface area contributed by atoms with Gasteiger partial charge in [0.25, 0.3) is 0 Å². The number of thiol groups is 1. The van der Waals surface area contributed by atoms with E-state index in [4.69, 9.17) is 4.74 Å². The molecule has 2 N–H and O–H groups in total. The second-order valence-electron chi connectivity index (χ2n) is 4.02. The zero-order chi connectivity index (χ0) is 10.0. The summed E-state index contributed by atoms with van der Waals surface area (Å²) in [4.78, 5) is 0. The highest BCUT2D eigenvalue weighted by Gasteiger charge is 2.40. The zero-order valence-corrected chi connectivity index (χ0v) is 8.95. The minimum absolute atomic E-state index is 0.250. The van der Waals surface area contributed by atoms with Gasteiger partial charge in [-0.25, -0.2) is 0 Å². The molecule has 4 heteroatoms. The summed E-state index contributed by atoms with van der Waals surface area (Å²) in [7, 11) is 0. The van der Waals surface area contributed by atoms with Crippen molar-refractivity contribution in [3.8, 4) is 0 Å². The fourth-order valence-electron chi connectivity index (χ4n) is 1.47. The van der Waals surface area contributed by atoms with Gasteiger partial charge >= 0.3 is 0 Å². The molecule has 78 valence electrons. The van der Waals surface area contributed by atoms with Gasteiger partial charge in [-0.1, -0.05) is 13.8 Å². The molecule has 0 aromatic heterocycles. The van der Waals surface area contributed by atoms with Gasteiger partial charge in [-0.3, -0.25) is 0 Å². The van der Waals surface area contributed by atoms with E-state index in [1.807, 2.05) is 0 Å². The van der Waals surface area contributed by atoms with Crippen molar-refractivity contribution < 1.29 is 14.9 Å². The number of aliphatic hydroxyl groups excluding tert-OH is 2. The topological polar surface area (TPSA) is 49.7 Å². The van der Waals surface area contributed by atoms with Crippen LogP contribution in [0.15, 0.2) is 0 Å². The monoisotopic (exact) mass is 206 g/mol. The third-order valence-corrected chi connectivity index (χ3v) is 2.79. The highest BCUT2D eigenvalue weighted by Crippen LogP contribution is 2.27. The lowest BCUT2D eigenvalue weighted by Crippen LogP contribution is -2.31. The molecule has 1 rings (SSSR count). The molecule has 1 aliphatic heterocycles. The van der Waals surface area contributed by atoms with Gasteiger partial charge in [-0.2, -0.15) is 0 Å². The van der Waals surface area contributed by atoms with Gasteiger partial charge in [-0.15, -0.1) is 12.6 Å². The van der Waals surface area contributed by atoms with E-state index in [9.17, 15) is 10.2 Å². The Hall–Kier alpha value is 0.230. The molecular formula is C9H18O3S. The van der Waals surface area contributed by atoms with Crippen molar-refractivity contribution in [2.24, 2.45) is 5.92 Å². The van der Waals surface area contributed by atoms with Crippen LogP contribution < -0.4 is 0 Å². The summed E-state index contributed by atoms with van der Waals surface area (Å²) in [5.74, 6) is 0.590. The van der Waals surface area contributed by atoms with E-state index in [0.29, 0.717) is 5.92 Å². The lowest BCUT2D eigenvalue weighted by molar-refractivity contribution is 0.0163. The van der Waals surface area contributed by atoms with Gasteiger partial charge in [-0.05, 0) is 18.8 Å². The van der Waals surface area contributed by atoms with Crippen LogP contribution in [0.25, 0.3) is 0 Å². The maximum atomic E-state index is 9.52. The van der Waals surface area contributed by atoms with Crippen molar-refractivity contribution in [1.29, 1.82) is 0 Å². The fourth-order valence-corrected chi connectivity index (χ4v) is 1.80. The molecule has 0 aromatic carbocycles. The molecule has 0 aromatic rings. The Kier molecular flexibility index (Phi) is 4.04. The molecule has 1 saturated heterocycles. The summed E-state index contributed by atoms with van der Waals surface area (Å²) in [6.07, 6.45) is -0.0938. The van der Waals surface area contributed by atoms with Crippen molar-refractivity contribution in [3.05, 3.63) is 0 Å². The first-order chi connectivity index (χ1) is 6.02. The molecular weight excluding hydrogens is 188 g/mol. The molecule has 0 spiro atoms. The van der Waals surface area contributed by atoms with Crippen LogP contribution in [0.3, 0.4) is 0 Å². The minimum Gasteiger partial charge on any atom is -0.388 e. The Balaban J connectivity index is 2.35. The van der Waals surface area contributed by atoms with Gasteiger partial charge in [0.05, 0.1) is 6.10 Å². The molecule has 0 aliphatic carbocycles. The third kappa shape index (κ3) is 2.84. The Labute approximate surface area is 84.5 Å². The number of aliphatic hydroxyl groups is 2. The largest absolute Gasteiger partial charge is 0.388 e. The van der Waals surface area contributed by atoms with Crippen LogP contribution in [0.5, 0.6) is 0 Å². The maximum Gasteiger partial charge on any atom is 0.129 e. The summed E-state index contributed by atoms with van der Waals surface area (Å²) in [5.41, 5.74) is -0.535. The summed E-state index contributed by atoms with van der Waals surface area (Å²) >= 11 is 4.02. The first kappa shape index (κ1) is 11.3. The second-order valence-corrected chi connectivity index (χ2v) is 4.53. The van der Waals surface area contributed by atoms with E-state index in [0.717, 1.165) is 12.8 Å². The molecule has 0 saturated carbocycles. The van der Waals surface area contributed by atoms with E-state index in [2.05, 4.69) is 26.5 Å². The van der Waals surface area contributed by atoms with Gasteiger partial charge in [0.15, 0.2) is 0 Å². The van der Waals surface area contributed by atoms with Crippen molar-refractivity contribution in [1.82, 2.24) is 0 Å². The van der Waals surface area contributed by atoms with Crippen molar-refractivity contribution in [2.75, 3.05) is 0 Å². The normalized spacial score (nSPS) is 40.2. The summed E-state index contributed by atoms with van der Waals surface area (Å²) in [5, 5.41) is 18.9. The van der Waals surface area contributed by atoms with E-state index >= 15 is 0 Å². The van der Waals surface area contributed by atoms with E-state index in [1.54, 1.807) is 0 Å². The quantitative estimate of drug-likeness (QED) is 0.599. The average molecular weight is 206 g/mol. The van der Waals surface area contributed by atoms with Crippen LogP contribution in [0.4, 0.5) is 0 Å². The van der Waals surface area contributed by atoms with E-state index in [1.165, 1.54) is 0 Å². The van der Waals surface area contributed by atoms with Crippen LogP contribution in [-0.4, -0.2) is 34.0 Å². The van der Waals surface area contributed by atoms with Crippen LogP contribution in [0.1, 0.15) is 26.7 Å². The highest BCUT2D eigenvalue weighted by molar-refractivity contribution is 7.80. The van der Waals surface area contributed by atoms with Crippen LogP contribution in [0, 0.1) is 5.92 Å². The summed E-state index contributed by atoms with van der Waals surface area (Å²) in [6.45, 7) is 4.24. The predicted molar refractivity (Wildman–Crippen MR) is 53.7 cm³/mol. The number of hydrogen-bond donors (Lipinski definition) is 3. The Bertz CT molecular complexity index is 163. The lowest BCUT2D eigenvalue weighted by Gasteiger charge is -2.15. The van der Waals surface area contributed by atoms with Gasteiger partial charge in [0.1, 0.15) is 17.6 Å². The molecule has 1 heterocycles. The zero-order valence-electron chi connectivity index (χ0n) is 8.05. The number of ether oxygens (including phenoxy) is 1. The van der Waals surface area contributed by atoms with Gasteiger partial charge in [0, 0.05) is 0 Å². The van der Waals surface area contributed by atoms with E-state index < -0.39 is 17.6 Å². The Morgan fingerprint density at radius 2 is 1.92 bits per heavy atom. The standard InChI is InChI=1S/C9H18O3S/c1-5(2)3-4-6-7(10)8(11)9(13)12-6/h5-11,13H,3-4H2,1-2H3/t6-,7-,8-,9?/m1/s1. The maximum absolute atomic E-state index is 9.52. The molecule has 0 bridgehead atoms. The number of rotatable bonds is 3. The van der Waals surface area contributed by atoms with Crippen molar-refractivity contribution in [3.63, 3.8) is 0 Å². The molecule has 0 amide bonds. The van der Waals surface area contributed by atoms with Crippen LogP contribution in [0.2, 0.25) is 0 Å². The third-order valence-electron chi connectivity index (χ3n) is 2.37. The Morgan fingerprint density at radius 1 is 1.31 bits per heavy atom. The molecule has 3 nitrogen and oxygen atoms in total. The molecule has 1 aliphatic rings. The Morgan fingerprint density at radius 3 is 2.31 bits per heavy atom. The van der Waals surface area contributed by atoms with Crippen LogP contribution in [-0.2, 0) is 4.74 Å². The highest BCUT2D eigenvalue weighted by atomic mass is 32.1. The molecule has 0 radical (unpaired) electrons. The molecule has 1 unspecified atom stereocenters. The lowest BCUT2D eigenvalue weighted by atomic mass is 10.0. The van der Waals surface area contributed by atoms with Crippen LogP contribution >= 0.6 is 12.6 Å². The summed E-state index contributed by atoms with van der Waals surface area (Å²) < 4.78 is 5.30.